The van der Waals surface area contributed by atoms with Crippen LogP contribution in [0.25, 0.3) is 0 Å². The van der Waals surface area contributed by atoms with E-state index >= 15 is 0 Å². The Bertz CT molecular complexity index is 1090. The zero-order valence-electron chi connectivity index (χ0n) is 26.7. The number of methoxy groups -OCH3 is 1. The molecule has 2 N–H and O–H groups in total. The second kappa shape index (κ2) is 27.0. The Morgan fingerprint density at radius 2 is 0.791 bits per heavy atom. The van der Waals surface area contributed by atoms with Crippen LogP contribution in [0.5, 0.6) is 17.2 Å². The van der Waals surface area contributed by atoms with Crippen molar-refractivity contribution < 1.29 is 29.3 Å². The molecule has 0 spiro atoms. The highest BCUT2D eigenvalue weighted by molar-refractivity contribution is 6.93. The molecule has 0 unspecified atom stereocenters. The fourth-order valence-electron chi connectivity index (χ4n) is 2.47. The highest BCUT2D eigenvalue weighted by Gasteiger charge is 2.01. The van der Waals surface area contributed by atoms with Crippen LogP contribution >= 0.6 is 23.2 Å². The van der Waals surface area contributed by atoms with Crippen molar-refractivity contribution in [2.24, 2.45) is 0 Å². The minimum absolute atomic E-state index is 0. The van der Waals surface area contributed by atoms with Crippen LogP contribution in [0.4, 0.5) is 9.59 Å². The van der Waals surface area contributed by atoms with E-state index in [4.69, 9.17) is 22.4 Å². The lowest BCUT2D eigenvalue weighted by atomic mass is 10.2. The SMILES string of the molecule is C.COC(=O)Oc1ccc(C)cc1.Cc1ccc(C)cc1.Cc1ccc(O)cc1.Cc1ccc(O)cc1.O=C(Cl)Cl.[2H][B].[2H][B]. The van der Waals surface area contributed by atoms with E-state index in [1.807, 2.05) is 57.2 Å². The predicted octanol–water partition coefficient (Wildman–Crippen LogP) is 8.77. The standard InChI is InChI=1S/C9H10O3.C8H10.2C7H8O.CCl2O.CH4.2BH/c1-7-3-5-8(6-4-7)12-9(10)11-2;1-7-3-5-8(2)6-4-7;2*1-6-2-4-7(8)5-3-6;2-1(3)4;;;/h3-6H,1-2H3;3-6H,1-2H3;2*2-5,8H,1H3;;1H4;2*1H/i;;;;;;2*1D. The molecule has 4 radical (unpaired) electrons. The molecule has 0 amide bonds. The number of carbonyl (C=O) groups excluding carboxylic acids is 2. The highest BCUT2D eigenvalue weighted by atomic mass is 35.5. The predicted molar refractivity (Wildman–Crippen MR) is 184 cm³/mol. The molecule has 10 heteroatoms. The molecule has 0 aliphatic rings. The van der Waals surface area contributed by atoms with Gasteiger partial charge in [-0.25, -0.2) is 4.79 Å². The van der Waals surface area contributed by atoms with E-state index < -0.39 is 10.9 Å². The average Bonchev–Trinajstić information content (AvgIpc) is 3.01. The highest BCUT2D eigenvalue weighted by Crippen LogP contribution is 2.12. The molecule has 6 nitrogen and oxygen atoms in total. The van der Waals surface area contributed by atoms with Gasteiger partial charge in [0.25, 0.3) is 0 Å². The van der Waals surface area contributed by atoms with Crippen molar-refractivity contribution in [1.29, 1.82) is 2.67 Å². The van der Waals surface area contributed by atoms with E-state index in [1.54, 1.807) is 36.4 Å². The number of phenols is 2. The number of hydrogen-bond donors (Lipinski definition) is 2. The fraction of sp³-hybridized carbons (Fsp3) is 0.212. The Balaban J connectivity index is -0.000000232. The Labute approximate surface area is 273 Å². The Hall–Kier alpha value is -3.87. The van der Waals surface area contributed by atoms with Gasteiger partial charge in [-0.1, -0.05) is 95.9 Å². The molecule has 0 saturated carbocycles. The summed E-state index contributed by atoms with van der Waals surface area (Å²) in [7, 11) is 8.77. The molecule has 0 fully saturated rings. The van der Waals surface area contributed by atoms with Gasteiger partial charge in [-0.2, -0.15) is 0 Å². The first-order chi connectivity index (χ1) is 20.8. The zero-order chi connectivity index (χ0) is 34.5. The molecule has 230 valence electrons. The van der Waals surface area contributed by atoms with Crippen LogP contribution in [-0.2, 0) is 4.74 Å². The van der Waals surface area contributed by atoms with Crippen LogP contribution in [0, 0.1) is 34.6 Å². The van der Waals surface area contributed by atoms with Crippen molar-refractivity contribution in [3.63, 3.8) is 0 Å². The van der Waals surface area contributed by atoms with Crippen LogP contribution in [0.15, 0.2) is 97.1 Å². The molecule has 0 heterocycles. The summed E-state index contributed by atoms with van der Waals surface area (Å²) < 4.78 is 18.7. The summed E-state index contributed by atoms with van der Waals surface area (Å²) in [5, 5.41) is 17.5. The van der Waals surface area contributed by atoms with Crippen LogP contribution in [0.3, 0.4) is 0 Å². The van der Waals surface area contributed by atoms with Crippen LogP contribution in [0.1, 0.15) is 35.2 Å². The molecule has 4 aromatic carbocycles. The summed E-state index contributed by atoms with van der Waals surface area (Å²) in [5.74, 6) is 1.15. The molecule has 0 saturated heterocycles. The van der Waals surface area contributed by atoms with Gasteiger partial charge in [0.05, 0.1) is 7.11 Å². The summed E-state index contributed by atoms with van der Waals surface area (Å²) >= 11 is 8.80. The van der Waals surface area contributed by atoms with Gasteiger partial charge < -0.3 is 19.7 Å². The van der Waals surface area contributed by atoms with Gasteiger partial charge in [-0.15, -0.1) is 0 Å². The van der Waals surface area contributed by atoms with Crippen LogP contribution < -0.4 is 4.74 Å². The van der Waals surface area contributed by atoms with Crippen molar-refractivity contribution in [3.8, 4) is 17.2 Å². The Morgan fingerprint density at radius 3 is 1.00 bits per heavy atom. The summed E-state index contributed by atoms with van der Waals surface area (Å²) in [6.45, 7) is 10.1. The zero-order valence-corrected chi connectivity index (χ0v) is 26.2. The first-order valence-electron chi connectivity index (χ1n) is 13.2. The Morgan fingerprint density at radius 1 is 0.581 bits per heavy atom. The van der Waals surface area contributed by atoms with Crippen LogP contribution in [-0.4, -0.2) is 47.6 Å². The molecule has 0 aliphatic carbocycles. The van der Waals surface area contributed by atoms with E-state index in [2.05, 4.69) is 82.8 Å². The smallest absolute Gasteiger partial charge is 0.508 e. The number of rotatable bonds is 1. The van der Waals surface area contributed by atoms with Crippen LogP contribution in [0.2, 0.25) is 0 Å². The summed E-state index contributed by atoms with van der Waals surface area (Å²) in [6, 6.07) is 29.8. The van der Waals surface area contributed by atoms with E-state index in [1.165, 1.54) is 29.4 Å². The maximum Gasteiger partial charge on any atom is 0.513 e. The van der Waals surface area contributed by atoms with E-state index in [0.717, 1.165) is 5.56 Å². The van der Waals surface area contributed by atoms with Crippen molar-refractivity contribution in [2.45, 2.75) is 42.0 Å². The third kappa shape index (κ3) is 28.0. The third-order valence-electron chi connectivity index (χ3n) is 4.68. The summed E-state index contributed by atoms with van der Waals surface area (Å²) in [6.07, 6.45) is -0.696. The summed E-state index contributed by atoms with van der Waals surface area (Å²) in [5.41, 5.74) is 6.11. The largest absolute Gasteiger partial charge is 0.513 e. The van der Waals surface area contributed by atoms with Gasteiger partial charge in [-0.05, 0) is 96.9 Å². The lowest BCUT2D eigenvalue weighted by Gasteiger charge is -2.01. The second-order valence-corrected chi connectivity index (χ2v) is 9.30. The minimum atomic E-state index is -0.889. The molecule has 0 aliphatic heterocycles. The van der Waals surface area contributed by atoms with E-state index in [0.29, 0.717) is 17.2 Å². The van der Waals surface area contributed by atoms with Gasteiger partial charge in [0.2, 0.25) is 0 Å². The normalized spacial score (nSPS) is 8.56. The van der Waals surface area contributed by atoms with E-state index in [-0.39, 0.29) is 7.43 Å². The molecule has 0 bridgehead atoms. The monoisotopic (exact) mass is 628 g/mol. The maximum atomic E-state index is 10.6. The first kappa shape index (κ1) is 41.3. The number of ether oxygens (including phenoxy) is 2. The summed E-state index contributed by atoms with van der Waals surface area (Å²) in [4.78, 5) is 19.6. The maximum absolute atomic E-state index is 10.6. The lowest BCUT2D eigenvalue weighted by Crippen LogP contribution is -2.06. The number of carbonyl (C=O) groups is 2. The molecular formula is C33H42B2Cl2O6. The van der Waals surface area contributed by atoms with Gasteiger partial charge >= 0.3 is 10.9 Å². The van der Waals surface area contributed by atoms with Crippen molar-refractivity contribution in [1.82, 2.24) is 0 Å². The van der Waals surface area contributed by atoms with Crippen molar-refractivity contribution in [3.05, 3.63) is 125 Å². The number of halogens is 2. The topological polar surface area (TPSA) is 93.1 Å². The molecule has 43 heavy (non-hydrogen) atoms. The van der Waals surface area contributed by atoms with E-state index in [9.17, 15) is 4.79 Å². The minimum Gasteiger partial charge on any atom is -0.508 e. The third-order valence-corrected chi connectivity index (χ3v) is 4.68. The number of benzene rings is 4. The van der Waals surface area contributed by atoms with Gasteiger partial charge in [0.1, 0.15) is 17.2 Å². The van der Waals surface area contributed by atoms with Crippen molar-refractivity contribution in [2.75, 3.05) is 7.11 Å². The molecule has 4 aromatic rings. The number of phenolic OH excluding ortho intramolecular Hbond substituents is 2. The quantitative estimate of drug-likeness (QED) is 0.0947. The molecular weight excluding hydrogens is 585 g/mol. The average molecular weight is 629 g/mol. The number of aromatic hydroxyl groups is 2. The second-order valence-electron chi connectivity index (χ2n) is 8.42. The Kier molecular flexibility index (Phi) is 25.9. The lowest BCUT2D eigenvalue weighted by molar-refractivity contribution is 0.121. The number of hydrogen-bond acceptors (Lipinski definition) is 6. The van der Waals surface area contributed by atoms with Gasteiger partial charge in [-0.3, -0.25) is 4.79 Å². The number of aryl methyl sites for hydroxylation is 5. The van der Waals surface area contributed by atoms with Gasteiger partial charge in [0.15, 0.2) is 0 Å². The molecule has 0 aromatic heterocycles. The van der Waals surface area contributed by atoms with Crippen molar-refractivity contribution >= 4 is 50.8 Å². The van der Waals surface area contributed by atoms with Gasteiger partial charge in [0, 0.05) is 16.8 Å². The first-order valence-corrected chi connectivity index (χ1v) is 12.8. The molecule has 0 atom stereocenters. The molecule has 4 rings (SSSR count). The fourth-order valence-corrected chi connectivity index (χ4v) is 2.47.